The fourth-order valence-electron chi connectivity index (χ4n) is 5.65. The number of para-hydroxylation sites is 1. The molecule has 3 N–H and O–H groups in total. The molecule has 3 heterocycles. The SMILES string of the molecule is CNC(=O)[C@H]1[C@H]2C(=O)N(CCCCCCO)C(C(=O)Nc3ccccc3Cl)C23CC(Br)[C@@H]1S3. The summed E-state index contributed by atoms with van der Waals surface area (Å²) in [6.07, 6.45) is 3.83. The van der Waals surface area contributed by atoms with E-state index in [4.69, 9.17) is 16.7 Å². The minimum Gasteiger partial charge on any atom is -0.396 e. The third-order valence-corrected chi connectivity index (χ3v) is 10.6. The number of carbonyl (C=O) groups excluding carboxylic acids is 3. The summed E-state index contributed by atoms with van der Waals surface area (Å²) in [5.41, 5.74) is 0.509. The average Bonchev–Trinajstić information content (AvgIpc) is 3.38. The molecule has 3 saturated heterocycles. The van der Waals surface area contributed by atoms with Gasteiger partial charge in [0.1, 0.15) is 6.04 Å². The van der Waals surface area contributed by atoms with Gasteiger partial charge < -0.3 is 20.6 Å². The van der Waals surface area contributed by atoms with E-state index in [-0.39, 0.29) is 34.4 Å². The number of halogens is 2. The van der Waals surface area contributed by atoms with E-state index in [9.17, 15) is 14.4 Å². The van der Waals surface area contributed by atoms with Crippen LogP contribution in [-0.2, 0) is 14.4 Å². The van der Waals surface area contributed by atoms with Crippen LogP contribution >= 0.6 is 39.3 Å². The lowest BCUT2D eigenvalue weighted by Gasteiger charge is -2.35. The molecule has 0 aliphatic carbocycles. The quantitative estimate of drug-likeness (QED) is 0.320. The van der Waals surface area contributed by atoms with E-state index < -0.39 is 22.6 Å². The van der Waals surface area contributed by atoms with Crippen molar-refractivity contribution in [1.29, 1.82) is 0 Å². The fourth-order valence-corrected chi connectivity index (χ4v) is 9.44. The van der Waals surface area contributed by atoms with Gasteiger partial charge in [0.05, 0.1) is 27.3 Å². The van der Waals surface area contributed by atoms with E-state index in [0.29, 0.717) is 23.7 Å². The second-order valence-corrected chi connectivity index (χ2v) is 12.0. The number of unbranched alkanes of at least 4 members (excludes halogenated alkanes) is 3. The number of carbonyl (C=O) groups is 3. The molecule has 3 unspecified atom stereocenters. The Morgan fingerprint density at radius 2 is 1.97 bits per heavy atom. The molecular weight excluding hydrogens is 530 g/mol. The van der Waals surface area contributed by atoms with Crippen LogP contribution in [-0.4, -0.2) is 68.8 Å². The van der Waals surface area contributed by atoms with Crippen LogP contribution in [0.4, 0.5) is 5.69 Å². The zero-order chi connectivity index (χ0) is 23.8. The van der Waals surface area contributed by atoms with Crippen LogP contribution in [0.2, 0.25) is 5.02 Å². The van der Waals surface area contributed by atoms with Gasteiger partial charge in [-0.25, -0.2) is 0 Å². The number of alkyl halides is 1. The van der Waals surface area contributed by atoms with Crippen molar-refractivity contribution in [1.82, 2.24) is 10.2 Å². The molecule has 33 heavy (non-hydrogen) atoms. The summed E-state index contributed by atoms with van der Waals surface area (Å²) in [7, 11) is 1.59. The fraction of sp³-hybridized carbons (Fsp3) is 0.609. The number of aliphatic hydroxyl groups is 1. The number of likely N-dealkylation sites (tertiary alicyclic amines) is 1. The third-order valence-electron chi connectivity index (χ3n) is 7.03. The van der Waals surface area contributed by atoms with Crippen molar-refractivity contribution in [3.8, 4) is 0 Å². The van der Waals surface area contributed by atoms with Gasteiger partial charge in [0.15, 0.2) is 0 Å². The first-order chi connectivity index (χ1) is 15.9. The summed E-state index contributed by atoms with van der Waals surface area (Å²) in [6, 6.07) is 6.36. The van der Waals surface area contributed by atoms with Gasteiger partial charge in [0, 0.05) is 30.3 Å². The predicted octanol–water partition coefficient (Wildman–Crippen LogP) is 3.04. The Morgan fingerprint density at radius 3 is 2.67 bits per heavy atom. The summed E-state index contributed by atoms with van der Waals surface area (Å²) in [6.45, 7) is 0.594. The van der Waals surface area contributed by atoms with Gasteiger partial charge in [-0.3, -0.25) is 14.4 Å². The van der Waals surface area contributed by atoms with Crippen molar-refractivity contribution < 1.29 is 19.5 Å². The molecule has 7 nitrogen and oxygen atoms in total. The number of nitrogens with zero attached hydrogens (tertiary/aromatic N) is 1. The molecule has 6 atom stereocenters. The number of fused-ring (bicyclic) bond motifs is 1. The Kier molecular flexibility index (Phi) is 7.63. The molecule has 1 aromatic rings. The number of nitrogens with one attached hydrogen (secondary N) is 2. The monoisotopic (exact) mass is 557 g/mol. The average molecular weight is 559 g/mol. The molecule has 10 heteroatoms. The number of rotatable bonds is 9. The van der Waals surface area contributed by atoms with E-state index in [1.807, 2.05) is 0 Å². The summed E-state index contributed by atoms with van der Waals surface area (Å²) in [5, 5.41) is 15.1. The maximum atomic E-state index is 13.7. The molecule has 0 aromatic heterocycles. The highest BCUT2D eigenvalue weighted by atomic mass is 79.9. The minimum absolute atomic E-state index is 0.0500. The predicted molar refractivity (Wildman–Crippen MR) is 134 cm³/mol. The van der Waals surface area contributed by atoms with Gasteiger partial charge in [-0.15, -0.1) is 11.8 Å². The lowest BCUT2D eigenvalue weighted by atomic mass is 9.70. The van der Waals surface area contributed by atoms with Crippen molar-refractivity contribution >= 4 is 62.7 Å². The number of anilines is 1. The molecule has 0 radical (unpaired) electrons. The standard InChI is InChI=1S/C23H29BrClN3O4S/c1-26-20(30)16-17-22(32)28(10-6-2-3-7-11-29)19(23(17)12-13(24)18(16)33-23)21(31)27-15-9-5-4-8-14(15)25/h4-5,8-9,13,16-19,29H,2-3,6-7,10-12H2,1H3,(H,26,30)(H,27,31)/t13?,16-,17-,18-,19?,23?/m0/s1. The van der Waals surface area contributed by atoms with Crippen molar-refractivity contribution in [2.45, 2.75) is 53.0 Å². The number of thioether (sulfide) groups is 1. The van der Waals surface area contributed by atoms with Gasteiger partial charge in [-0.2, -0.15) is 0 Å². The van der Waals surface area contributed by atoms with Gasteiger partial charge in [-0.1, -0.05) is 52.5 Å². The Balaban J connectivity index is 1.65. The van der Waals surface area contributed by atoms with Crippen molar-refractivity contribution in [2.24, 2.45) is 11.8 Å². The normalized spacial score (nSPS) is 32.2. The van der Waals surface area contributed by atoms with E-state index in [1.54, 1.807) is 48.0 Å². The third kappa shape index (κ3) is 4.30. The van der Waals surface area contributed by atoms with Gasteiger partial charge in [0.2, 0.25) is 17.7 Å². The molecule has 1 spiro atoms. The van der Waals surface area contributed by atoms with E-state index >= 15 is 0 Å². The first-order valence-corrected chi connectivity index (χ1v) is 13.5. The van der Waals surface area contributed by atoms with Gasteiger partial charge in [-0.05, 0) is 31.4 Å². The summed E-state index contributed by atoms with van der Waals surface area (Å²) >= 11 is 11.6. The van der Waals surface area contributed by atoms with E-state index in [0.717, 1.165) is 25.7 Å². The largest absolute Gasteiger partial charge is 0.396 e. The molecule has 4 rings (SSSR count). The minimum atomic E-state index is -0.686. The molecule has 3 fully saturated rings. The van der Waals surface area contributed by atoms with Crippen LogP contribution in [0.3, 0.4) is 0 Å². The van der Waals surface area contributed by atoms with Crippen LogP contribution in [0.15, 0.2) is 24.3 Å². The Labute approximate surface area is 211 Å². The smallest absolute Gasteiger partial charge is 0.248 e. The molecule has 3 aliphatic rings. The maximum absolute atomic E-state index is 13.7. The molecule has 3 amide bonds. The van der Waals surface area contributed by atoms with Gasteiger partial charge in [0.25, 0.3) is 0 Å². The van der Waals surface area contributed by atoms with Crippen LogP contribution in [0.1, 0.15) is 32.1 Å². The lowest BCUT2D eigenvalue weighted by molar-refractivity contribution is -0.139. The first-order valence-electron chi connectivity index (χ1n) is 11.4. The zero-order valence-electron chi connectivity index (χ0n) is 18.4. The van der Waals surface area contributed by atoms with E-state index in [1.165, 1.54) is 0 Å². The van der Waals surface area contributed by atoms with Crippen LogP contribution in [0.25, 0.3) is 0 Å². The summed E-state index contributed by atoms with van der Waals surface area (Å²) in [5.74, 6) is -1.52. The molecule has 3 aliphatic heterocycles. The maximum Gasteiger partial charge on any atom is 0.248 e. The number of benzene rings is 1. The molecule has 180 valence electrons. The highest BCUT2D eigenvalue weighted by Crippen LogP contribution is 2.67. The molecular formula is C23H29BrClN3O4S. The van der Waals surface area contributed by atoms with Crippen molar-refractivity contribution in [2.75, 3.05) is 25.5 Å². The van der Waals surface area contributed by atoms with Crippen molar-refractivity contribution in [3.05, 3.63) is 29.3 Å². The Morgan fingerprint density at radius 1 is 1.24 bits per heavy atom. The van der Waals surface area contributed by atoms with Crippen LogP contribution in [0, 0.1) is 11.8 Å². The highest BCUT2D eigenvalue weighted by molar-refractivity contribution is 9.09. The van der Waals surface area contributed by atoms with E-state index in [2.05, 4.69) is 26.6 Å². The molecule has 2 bridgehead atoms. The first kappa shape index (κ1) is 24.8. The Bertz CT molecular complexity index is 937. The molecule has 1 aromatic carbocycles. The van der Waals surface area contributed by atoms with Crippen molar-refractivity contribution in [3.63, 3.8) is 0 Å². The topological polar surface area (TPSA) is 98.7 Å². The number of aliphatic hydroxyl groups excluding tert-OH is 1. The second kappa shape index (κ2) is 10.1. The van der Waals surface area contributed by atoms with Gasteiger partial charge >= 0.3 is 0 Å². The summed E-state index contributed by atoms with van der Waals surface area (Å²) in [4.78, 5) is 42.0. The number of hydrogen-bond donors (Lipinski definition) is 3. The Hall–Kier alpha value is -1.29. The number of hydrogen-bond acceptors (Lipinski definition) is 5. The lowest BCUT2D eigenvalue weighted by Crippen LogP contribution is -2.53. The van der Waals surface area contributed by atoms with Crippen LogP contribution in [0.5, 0.6) is 0 Å². The second-order valence-electron chi connectivity index (χ2n) is 8.92. The number of amides is 3. The highest BCUT2D eigenvalue weighted by Gasteiger charge is 2.75. The molecule has 0 saturated carbocycles. The summed E-state index contributed by atoms with van der Waals surface area (Å²) < 4.78 is -0.663. The van der Waals surface area contributed by atoms with Crippen LogP contribution < -0.4 is 10.6 Å². The zero-order valence-corrected chi connectivity index (χ0v) is 21.6.